The van der Waals surface area contributed by atoms with Crippen LogP contribution in [0.2, 0.25) is 0 Å². The van der Waals surface area contributed by atoms with Crippen LogP contribution in [0.4, 0.5) is 11.5 Å². The Morgan fingerprint density at radius 2 is 1.90 bits per heavy atom. The van der Waals surface area contributed by atoms with Crippen LogP contribution in [0.3, 0.4) is 0 Å². The van der Waals surface area contributed by atoms with E-state index in [2.05, 4.69) is 15.5 Å². The standard InChI is InChI=1S/C16H15N3O2/c1-21-14-7-5-11(6-8-14)15-10-16(19-18-15)17-12-3-2-4-13(20)9-12/h2-10,20H,1H3,(H2,17,18,19). The SMILES string of the molecule is COc1ccc(-c2cc(Nc3cccc(O)c3)n[nH]2)cc1. The lowest BCUT2D eigenvalue weighted by molar-refractivity contribution is 0.415. The van der Waals surface area contributed by atoms with Crippen molar-refractivity contribution in [3.63, 3.8) is 0 Å². The number of aromatic nitrogens is 2. The first-order valence-corrected chi connectivity index (χ1v) is 6.50. The molecule has 0 amide bonds. The second kappa shape index (κ2) is 5.58. The molecule has 0 spiro atoms. The van der Waals surface area contributed by atoms with Crippen molar-refractivity contribution in [2.24, 2.45) is 0 Å². The molecule has 0 atom stereocenters. The largest absolute Gasteiger partial charge is 0.508 e. The summed E-state index contributed by atoms with van der Waals surface area (Å²) < 4.78 is 5.14. The number of aromatic amines is 1. The smallest absolute Gasteiger partial charge is 0.152 e. The van der Waals surface area contributed by atoms with Gasteiger partial charge in [0.15, 0.2) is 5.82 Å². The highest BCUT2D eigenvalue weighted by molar-refractivity contribution is 5.66. The third-order valence-corrected chi connectivity index (χ3v) is 3.10. The van der Waals surface area contributed by atoms with Gasteiger partial charge in [0.05, 0.1) is 12.8 Å². The molecule has 2 aromatic carbocycles. The maximum atomic E-state index is 9.44. The van der Waals surface area contributed by atoms with Gasteiger partial charge in [0, 0.05) is 17.8 Å². The molecule has 3 aromatic rings. The maximum Gasteiger partial charge on any atom is 0.152 e. The van der Waals surface area contributed by atoms with E-state index in [0.29, 0.717) is 5.82 Å². The Morgan fingerprint density at radius 3 is 2.62 bits per heavy atom. The molecule has 0 unspecified atom stereocenters. The molecule has 0 radical (unpaired) electrons. The fourth-order valence-corrected chi connectivity index (χ4v) is 2.04. The monoisotopic (exact) mass is 281 g/mol. The van der Waals surface area contributed by atoms with Gasteiger partial charge in [-0.15, -0.1) is 0 Å². The van der Waals surface area contributed by atoms with Crippen molar-refractivity contribution in [1.29, 1.82) is 0 Å². The quantitative estimate of drug-likeness (QED) is 0.684. The third-order valence-electron chi connectivity index (χ3n) is 3.10. The number of benzene rings is 2. The molecule has 0 saturated carbocycles. The fourth-order valence-electron chi connectivity index (χ4n) is 2.04. The first-order chi connectivity index (χ1) is 10.2. The summed E-state index contributed by atoms with van der Waals surface area (Å²) in [4.78, 5) is 0. The summed E-state index contributed by atoms with van der Waals surface area (Å²) in [7, 11) is 1.64. The molecular formula is C16H15N3O2. The van der Waals surface area contributed by atoms with Gasteiger partial charge < -0.3 is 15.2 Å². The molecule has 5 nitrogen and oxygen atoms in total. The molecule has 21 heavy (non-hydrogen) atoms. The molecule has 0 aliphatic rings. The number of H-pyrrole nitrogens is 1. The second-order valence-electron chi connectivity index (χ2n) is 4.57. The normalized spacial score (nSPS) is 10.3. The Hall–Kier alpha value is -2.95. The summed E-state index contributed by atoms with van der Waals surface area (Å²) in [5, 5.41) is 19.8. The van der Waals surface area contributed by atoms with Gasteiger partial charge in [0.2, 0.25) is 0 Å². The van der Waals surface area contributed by atoms with Gasteiger partial charge in [0.1, 0.15) is 11.5 Å². The predicted molar refractivity (Wildman–Crippen MR) is 82.0 cm³/mol. The van der Waals surface area contributed by atoms with Crippen LogP contribution in [-0.4, -0.2) is 22.4 Å². The van der Waals surface area contributed by atoms with E-state index in [1.165, 1.54) is 0 Å². The number of rotatable bonds is 4. The molecule has 1 heterocycles. The number of nitrogens with one attached hydrogen (secondary N) is 2. The molecule has 0 saturated heterocycles. The number of hydrogen-bond donors (Lipinski definition) is 3. The van der Waals surface area contributed by atoms with Crippen LogP contribution in [0.1, 0.15) is 0 Å². The summed E-state index contributed by atoms with van der Waals surface area (Å²) >= 11 is 0. The Balaban J connectivity index is 1.79. The van der Waals surface area contributed by atoms with E-state index in [1.54, 1.807) is 25.3 Å². The summed E-state index contributed by atoms with van der Waals surface area (Å²) in [6.07, 6.45) is 0. The molecule has 3 N–H and O–H groups in total. The number of phenols is 1. The zero-order chi connectivity index (χ0) is 14.7. The van der Waals surface area contributed by atoms with E-state index in [9.17, 15) is 5.11 Å². The van der Waals surface area contributed by atoms with E-state index in [0.717, 1.165) is 22.7 Å². The van der Waals surface area contributed by atoms with E-state index in [1.807, 2.05) is 36.4 Å². The van der Waals surface area contributed by atoms with Gasteiger partial charge in [-0.1, -0.05) is 6.07 Å². The molecule has 0 aliphatic carbocycles. The van der Waals surface area contributed by atoms with Crippen LogP contribution < -0.4 is 10.1 Å². The topological polar surface area (TPSA) is 70.2 Å². The van der Waals surface area contributed by atoms with Crippen LogP contribution >= 0.6 is 0 Å². The zero-order valence-electron chi connectivity index (χ0n) is 11.5. The molecule has 0 aliphatic heterocycles. The van der Waals surface area contributed by atoms with Gasteiger partial charge in [-0.2, -0.15) is 5.10 Å². The van der Waals surface area contributed by atoms with Crippen molar-refractivity contribution < 1.29 is 9.84 Å². The van der Waals surface area contributed by atoms with Gasteiger partial charge in [-0.3, -0.25) is 5.10 Å². The molecule has 3 rings (SSSR count). The highest BCUT2D eigenvalue weighted by Crippen LogP contribution is 2.25. The van der Waals surface area contributed by atoms with Crippen molar-refractivity contribution in [2.75, 3.05) is 12.4 Å². The van der Waals surface area contributed by atoms with Crippen molar-refractivity contribution in [2.45, 2.75) is 0 Å². The van der Waals surface area contributed by atoms with Gasteiger partial charge in [-0.05, 0) is 42.0 Å². The van der Waals surface area contributed by atoms with E-state index in [4.69, 9.17) is 4.74 Å². The lowest BCUT2D eigenvalue weighted by Gasteiger charge is -2.02. The summed E-state index contributed by atoms with van der Waals surface area (Å²) in [5.74, 6) is 1.72. The first kappa shape index (κ1) is 13.1. The van der Waals surface area contributed by atoms with Crippen molar-refractivity contribution >= 4 is 11.5 Å². The first-order valence-electron chi connectivity index (χ1n) is 6.50. The summed E-state index contributed by atoms with van der Waals surface area (Å²) in [5.41, 5.74) is 2.70. The average molecular weight is 281 g/mol. The number of nitrogens with zero attached hydrogens (tertiary/aromatic N) is 1. The Kier molecular flexibility index (Phi) is 3.47. The lowest BCUT2D eigenvalue weighted by Crippen LogP contribution is -1.89. The molecule has 5 heteroatoms. The Labute approximate surface area is 122 Å². The molecule has 0 bridgehead atoms. The van der Waals surface area contributed by atoms with Gasteiger partial charge in [-0.25, -0.2) is 0 Å². The van der Waals surface area contributed by atoms with Crippen LogP contribution in [-0.2, 0) is 0 Å². The van der Waals surface area contributed by atoms with Crippen molar-refractivity contribution in [1.82, 2.24) is 10.2 Å². The lowest BCUT2D eigenvalue weighted by atomic mass is 10.1. The van der Waals surface area contributed by atoms with E-state index < -0.39 is 0 Å². The number of hydrogen-bond acceptors (Lipinski definition) is 4. The second-order valence-corrected chi connectivity index (χ2v) is 4.57. The highest BCUT2D eigenvalue weighted by atomic mass is 16.5. The van der Waals surface area contributed by atoms with Crippen LogP contribution in [0.25, 0.3) is 11.3 Å². The Bertz CT molecular complexity index is 735. The van der Waals surface area contributed by atoms with Crippen LogP contribution in [0, 0.1) is 0 Å². The van der Waals surface area contributed by atoms with Crippen LogP contribution in [0.5, 0.6) is 11.5 Å². The molecular weight excluding hydrogens is 266 g/mol. The summed E-state index contributed by atoms with van der Waals surface area (Å²) in [6, 6.07) is 16.5. The maximum absolute atomic E-state index is 9.44. The minimum atomic E-state index is 0.214. The van der Waals surface area contributed by atoms with Gasteiger partial charge >= 0.3 is 0 Å². The zero-order valence-corrected chi connectivity index (χ0v) is 11.5. The predicted octanol–water partition coefficient (Wildman–Crippen LogP) is 3.53. The summed E-state index contributed by atoms with van der Waals surface area (Å²) in [6.45, 7) is 0. The molecule has 1 aromatic heterocycles. The number of aromatic hydroxyl groups is 1. The van der Waals surface area contributed by atoms with E-state index >= 15 is 0 Å². The highest BCUT2D eigenvalue weighted by Gasteiger charge is 2.04. The van der Waals surface area contributed by atoms with Crippen LogP contribution in [0.15, 0.2) is 54.6 Å². The van der Waals surface area contributed by atoms with Gasteiger partial charge in [0.25, 0.3) is 0 Å². The minimum absolute atomic E-state index is 0.214. The van der Waals surface area contributed by atoms with Crippen molar-refractivity contribution in [3.05, 3.63) is 54.6 Å². The van der Waals surface area contributed by atoms with Crippen molar-refractivity contribution in [3.8, 4) is 22.8 Å². The molecule has 106 valence electrons. The Morgan fingerprint density at radius 1 is 1.10 bits per heavy atom. The third kappa shape index (κ3) is 2.97. The number of methoxy groups -OCH3 is 1. The van der Waals surface area contributed by atoms with E-state index in [-0.39, 0.29) is 5.75 Å². The minimum Gasteiger partial charge on any atom is -0.508 e. The number of ether oxygens (including phenoxy) is 1. The average Bonchev–Trinajstić information content (AvgIpc) is 2.96. The fraction of sp³-hybridized carbons (Fsp3) is 0.0625. The number of phenolic OH excluding ortho intramolecular Hbond substituents is 1. The molecule has 0 fully saturated rings. The number of anilines is 2.